The summed E-state index contributed by atoms with van der Waals surface area (Å²) in [6.45, 7) is 2.41. The first-order valence-electron chi connectivity index (χ1n) is 7.61. The summed E-state index contributed by atoms with van der Waals surface area (Å²) in [5.41, 5.74) is 0. The van der Waals surface area contributed by atoms with Crippen molar-refractivity contribution in [3.63, 3.8) is 0 Å². The third kappa shape index (κ3) is 3.28. The normalized spacial score (nSPS) is 20.7. The van der Waals surface area contributed by atoms with Crippen molar-refractivity contribution in [1.82, 2.24) is 4.31 Å². The lowest BCUT2D eigenvalue weighted by molar-refractivity contribution is 0.389. The van der Waals surface area contributed by atoms with Crippen molar-refractivity contribution in [2.75, 3.05) is 14.2 Å². The van der Waals surface area contributed by atoms with E-state index in [1.807, 2.05) is 12.1 Å². The first kappa shape index (κ1) is 16.1. The Morgan fingerprint density at radius 1 is 1.22 bits per heavy atom. The zero-order valence-electron chi connectivity index (χ0n) is 13.5. The van der Waals surface area contributed by atoms with Crippen LogP contribution in [-0.4, -0.2) is 26.9 Å². The second kappa shape index (κ2) is 6.02. The molecule has 1 aliphatic rings. The second-order valence-corrected chi connectivity index (χ2v) is 8.11. The van der Waals surface area contributed by atoms with E-state index in [1.165, 1.54) is 4.31 Å². The number of furan rings is 1. The van der Waals surface area contributed by atoms with Gasteiger partial charge in [0.2, 0.25) is 10.0 Å². The molecule has 1 aliphatic carbocycles. The molecule has 1 saturated carbocycles. The summed E-state index contributed by atoms with van der Waals surface area (Å²) in [4.78, 5) is 0.239. The molecule has 0 spiro atoms. The van der Waals surface area contributed by atoms with Gasteiger partial charge in [-0.2, -0.15) is 4.31 Å². The van der Waals surface area contributed by atoms with Crippen LogP contribution in [0, 0.1) is 5.92 Å². The molecular formula is C17H21NO4S. The number of ether oxygens (including phenoxy) is 1. The Balaban J connectivity index is 1.72. The molecular weight excluding hydrogens is 314 g/mol. The lowest BCUT2D eigenvalue weighted by atomic mass is 10.3. The first-order chi connectivity index (χ1) is 10.9. The van der Waals surface area contributed by atoms with E-state index in [0.717, 1.165) is 12.2 Å². The highest BCUT2D eigenvalue weighted by Gasteiger charge is 2.36. The molecule has 23 heavy (non-hydrogen) atoms. The molecule has 1 aromatic carbocycles. The highest BCUT2D eigenvalue weighted by atomic mass is 32.2. The molecule has 0 amide bonds. The number of benzene rings is 1. The third-order valence-corrected chi connectivity index (χ3v) is 6.12. The molecule has 1 heterocycles. The zero-order valence-corrected chi connectivity index (χ0v) is 14.3. The van der Waals surface area contributed by atoms with Gasteiger partial charge in [0.05, 0.1) is 18.6 Å². The van der Waals surface area contributed by atoms with E-state index < -0.39 is 10.0 Å². The monoisotopic (exact) mass is 335 g/mol. The molecule has 3 rings (SSSR count). The Hall–Kier alpha value is -1.79. The maximum Gasteiger partial charge on any atom is 0.243 e. The fourth-order valence-corrected chi connectivity index (χ4v) is 3.77. The number of sulfonamides is 1. The molecule has 0 saturated heterocycles. The van der Waals surface area contributed by atoms with Gasteiger partial charge in [-0.05, 0) is 48.7 Å². The van der Waals surface area contributed by atoms with Crippen molar-refractivity contribution < 1.29 is 17.6 Å². The fourth-order valence-electron chi connectivity index (χ4n) is 2.63. The summed E-state index contributed by atoms with van der Waals surface area (Å²) < 4.78 is 37.3. The van der Waals surface area contributed by atoms with Gasteiger partial charge < -0.3 is 9.15 Å². The summed E-state index contributed by atoms with van der Waals surface area (Å²) in [6.07, 6.45) is 1.15. The highest BCUT2D eigenvalue weighted by molar-refractivity contribution is 7.89. The Morgan fingerprint density at radius 3 is 2.43 bits per heavy atom. The average molecular weight is 335 g/mol. The summed E-state index contributed by atoms with van der Waals surface area (Å²) in [5.74, 6) is 3.41. The van der Waals surface area contributed by atoms with Crippen molar-refractivity contribution in [2.45, 2.75) is 30.7 Å². The molecule has 0 N–H and O–H groups in total. The summed E-state index contributed by atoms with van der Waals surface area (Å²) >= 11 is 0. The van der Waals surface area contributed by atoms with Crippen molar-refractivity contribution >= 4 is 10.0 Å². The minimum absolute atomic E-state index is 0.218. The van der Waals surface area contributed by atoms with Gasteiger partial charge in [-0.3, -0.25) is 0 Å². The molecule has 0 aliphatic heterocycles. The highest BCUT2D eigenvalue weighted by Crippen LogP contribution is 2.47. The van der Waals surface area contributed by atoms with Gasteiger partial charge in [-0.15, -0.1) is 0 Å². The molecule has 0 radical (unpaired) electrons. The van der Waals surface area contributed by atoms with Crippen molar-refractivity contribution in [2.24, 2.45) is 5.92 Å². The van der Waals surface area contributed by atoms with E-state index in [1.54, 1.807) is 38.4 Å². The summed E-state index contributed by atoms with van der Waals surface area (Å²) in [6, 6.07) is 10.2. The molecule has 2 atom stereocenters. The van der Waals surface area contributed by atoms with Crippen LogP contribution in [0.2, 0.25) is 0 Å². The predicted molar refractivity (Wildman–Crippen MR) is 86.9 cm³/mol. The molecule has 2 unspecified atom stereocenters. The van der Waals surface area contributed by atoms with Gasteiger partial charge in [0.15, 0.2) is 0 Å². The topological polar surface area (TPSA) is 59.8 Å². The molecule has 1 fully saturated rings. The third-order valence-electron chi connectivity index (χ3n) is 4.30. The average Bonchev–Trinajstić information content (AvgIpc) is 3.09. The van der Waals surface area contributed by atoms with E-state index >= 15 is 0 Å². The van der Waals surface area contributed by atoms with Gasteiger partial charge in [-0.1, -0.05) is 6.92 Å². The van der Waals surface area contributed by atoms with E-state index in [9.17, 15) is 8.42 Å². The molecule has 6 heteroatoms. The van der Waals surface area contributed by atoms with Crippen molar-refractivity contribution in [3.8, 4) is 5.75 Å². The van der Waals surface area contributed by atoms with E-state index in [-0.39, 0.29) is 11.4 Å². The first-order valence-corrected chi connectivity index (χ1v) is 9.05. The zero-order chi connectivity index (χ0) is 16.6. The number of methoxy groups -OCH3 is 1. The predicted octanol–water partition coefficient (Wildman–Crippen LogP) is 3.23. The number of nitrogens with zero attached hydrogens (tertiary/aromatic N) is 1. The number of hydrogen-bond acceptors (Lipinski definition) is 4. The molecule has 5 nitrogen and oxygen atoms in total. The van der Waals surface area contributed by atoms with E-state index in [2.05, 4.69) is 6.92 Å². The van der Waals surface area contributed by atoms with Crippen LogP contribution < -0.4 is 4.74 Å². The standard InChI is InChI=1S/C17H21NO4S/c1-12-10-16(12)17-9-6-14(22-17)11-18(2)23(19,20)15-7-4-13(21-3)5-8-15/h4-9,12,16H,10-11H2,1-3H3. The molecule has 124 valence electrons. The maximum atomic E-state index is 12.6. The Bertz CT molecular complexity index is 779. The minimum atomic E-state index is -3.55. The maximum absolute atomic E-state index is 12.6. The van der Waals surface area contributed by atoms with Crippen LogP contribution in [0.4, 0.5) is 0 Å². The Labute approximate surface area is 136 Å². The van der Waals surface area contributed by atoms with Crippen molar-refractivity contribution in [1.29, 1.82) is 0 Å². The van der Waals surface area contributed by atoms with Gasteiger partial charge >= 0.3 is 0 Å². The lowest BCUT2D eigenvalue weighted by Gasteiger charge is -2.16. The minimum Gasteiger partial charge on any atom is -0.497 e. The van der Waals surface area contributed by atoms with Gasteiger partial charge in [-0.25, -0.2) is 8.42 Å². The summed E-state index contributed by atoms with van der Waals surface area (Å²) in [5, 5.41) is 0. The smallest absolute Gasteiger partial charge is 0.243 e. The van der Waals surface area contributed by atoms with E-state index in [4.69, 9.17) is 9.15 Å². The van der Waals surface area contributed by atoms with Gasteiger partial charge in [0, 0.05) is 13.0 Å². The SMILES string of the molecule is COc1ccc(S(=O)(=O)N(C)Cc2ccc(C3CC3C)o2)cc1. The quantitative estimate of drug-likeness (QED) is 0.813. The van der Waals surface area contributed by atoms with Crippen LogP contribution >= 0.6 is 0 Å². The van der Waals surface area contributed by atoms with Gasteiger partial charge in [0.25, 0.3) is 0 Å². The van der Waals surface area contributed by atoms with Crippen molar-refractivity contribution in [3.05, 3.63) is 47.9 Å². The Morgan fingerprint density at radius 2 is 1.87 bits per heavy atom. The van der Waals surface area contributed by atoms with Crippen LogP contribution in [0.1, 0.15) is 30.8 Å². The fraction of sp³-hybridized carbons (Fsp3) is 0.412. The number of hydrogen-bond donors (Lipinski definition) is 0. The van der Waals surface area contributed by atoms with Crippen LogP contribution in [0.25, 0.3) is 0 Å². The van der Waals surface area contributed by atoms with Crippen LogP contribution in [0.3, 0.4) is 0 Å². The molecule has 0 bridgehead atoms. The molecule has 1 aromatic heterocycles. The number of rotatable bonds is 6. The van der Waals surface area contributed by atoms with Crippen LogP contribution in [-0.2, 0) is 16.6 Å². The van der Waals surface area contributed by atoms with Crippen LogP contribution in [0.15, 0.2) is 45.7 Å². The van der Waals surface area contributed by atoms with Gasteiger partial charge in [0.1, 0.15) is 17.3 Å². The molecule has 2 aromatic rings. The van der Waals surface area contributed by atoms with E-state index in [0.29, 0.717) is 23.3 Å². The van der Waals surface area contributed by atoms with Crippen LogP contribution in [0.5, 0.6) is 5.75 Å². The Kier molecular flexibility index (Phi) is 4.21. The lowest BCUT2D eigenvalue weighted by Crippen LogP contribution is -2.26. The largest absolute Gasteiger partial charge is 0.497 e. The second-order valence-electron chi connectivity index (χ2n) is 6.06. The summed E-state index contributed by atoms with van der Waals surface area (Å²) in [7, 11) is -0.447.